The summed E-state index contributed by atoms with van der Waals surface area (Å²) in [5.41, 5.74) is 3.32. The van der Waals surface area contributed by atoms with Gasteiger partial charge in [0, 0.05) is 30.9 Å². The van der Waals surface area contributed by atoms with E-state index in [0.29, 0.717) is 43.7 Å². The third kappa shape index (κ3) is 3.59. The van der Waals surface area contributed by atoms with Crippen LogP contribution in [0, 0.1) is 11.8 Å². The molecule has 1 saturated heterocycles. The molecule has 1 amide bonds. The molecule has 0 bridgehead atoms. The first-order chi connectivity index (χ1) is 15.2. The summed E-state index contributed by atoms with van der Waals surface area (Å²) in [4.78, 5) is 17.2. The van der Waals surface area contributed by atoms with E-state index in [1.165, 1.54) is 12.1 Å². The Kier molecular flexibility index (Phi) is 5.06. The average Bonchev–Trinajstić information content (AvgIpc) is 3.45. The normalized spacial score (nSPS) is 25.1. The van der Waals surface area contributed by atoms with Gasteiger partial charge in [-0.15, -0.1) is 0 Å². The molecule has 8 heteroatoms. The van der Waals surface area contributed by atoms with Crippen molar-refractivity contribution in [3.63, 3.8) is 0 Å². The Morgan fingerprint density at radius 2 is 1.84 bits per heavy atom. The number of carbonyl (C=O) groups is 1. The minimum absolute atomic E-state index is 0.0621. The molecule has 3 atom stereocenters. The zero-order valence-corrected chi connectivity index (χ0v) is 18.1. The second-order valence-corrected chi connectivity index (χ2v) is 9.42. The number of fused-ring (bicyclic) bond motifs is 2. The van der Waals surface area contributed by atoms with Gasteiger partial charge >= 0.3 is 6.18 Å². The van der Waals surface area contributed by atoms with Crippen molar-refractivity contribution in [3.8, 4) is 0 Å². The Morgan fingerprint density at radius 3 is 2.50 bits per heavy atom. The Hall–Kier alpha value is -2.77. The number of allylic oxidation sites excluding steroid dienone is 1. The molecule has 1 N–H and O–H groups in total. The van der Waals surface area contributed by atoms with Gasteiger partial charge in [-0.05, 0) is 55.6 Å². The molecule has 1 aliphatic carbocycles. The summed E-state index contributed by atoms with van der Waals surface area (Å²) in [6.07, 6.45) is -2.21. The largest absolute Gasteiger partial charge is 0.416 e. The minimum atomic E-state index is -4.34. The summed E-state index contributed by atoms with van der Waals surface area (Å²) in [5.74, 6) is 0.303. The lowest BCUT2D eigenvalue weighted by molar-refractivity contribution is -0.138. The highest BCUT2D eigenvalue weighted by Gasteiger charge is 2.45. The van der Waals surface area contributed by atoms with Gasteiger partial charge in [-0.25, -0.2) is 0 Å². The molecule has 32 heavy (non-hydrogen) atoms. The SMILES string of the molecule is C=C(C)N1CCc2c(C(=O)N3C[C@H]4CC(c5ccccc5C(F)(F)F)C[C@H]4C3)n[nH]c2C1. The van der Waals surface area contributed by atoms with Gasteiger partial charge in [-0.1, -0.05) is 24.8 Å². The lowest BCUT2D eigenvalue weighted by Crippen LogP contribution is -2.33. The van der Waals surface area contributed by atoms with Crippen LogP contribution in [0.5, 0.6) is 0 Å². The number of hydrogen-bond acceptors (Lipinski definition) is 3. The van der Waals surface area contributed by atoms with E-state index in [4.69, 9.17) is 0 Å². The highest BCUT2D eigenvalue weighted by molar-refractivity contribution is 5.94. The van der Waals surface area contributed by atoms with E-state index in [9.17, 15) is 18.0 Å². The average molecular weight is 445 g/mol. The monoisotopic (exact) mass is 444 g/mol. The second kappa shape index (κ2) is 7.67. The molecule has 1 aromatic heterocycles. The zero-order chi connectivity index (χ0) is 22.6. The Labute approximate surface area is 185 Å². The fourth-order valence-corrected chi connectivity index (χ4v) is 5.80. The lowest BCUT2D eigenvalue weighted by Gasteiger charge is -2.29. The molecule has 2 fully saturated rings. The lowest BCUT2D eigenvalue weighted by atomic mass is 9.91. The van der Waals surface area contributed by atoms with Crippen molar-refractivity contribution in [1.82, 2.24) is 20.0 Å². The standard InChI is InChI=1S/C24H27F3N4O/c1-14(2)30-8-7-19-21(13-30)28-29-22(19)23(32)31-11-16-9-15(10-17(16)12-31)18-5-3-4-6-20(18)24(25,26)27/h3-6,15-17H,1,7-13H2,2H3,(H,28,29)/t15?,16-,17+. The van der Waals surface area contributed by atoms with E-state index >= 15 is 0 Å². The number of likely N-dealkylation sites (tertiary alicyclic amines) is 1. The van der Waals surface area contributed by atoms with Crippen LogP contribution < -0.4 is 0 Å². The number of aromatic amines is 1. The fourth-order valence-electron chi connectivity index (χ4n) is 5.80. The van der Waals surface area contributed by atoms with E-state index in [2.05, 4.69) is 21.7 Å². The van der Waals surface area contributed by atoms with Crippen LogP contribution in [-0.2, 0) is 19.1 Å². The first-order valence-corrected chi connectivity index (χ1v) is 11.1. The number of benzene rings is 1. The molecule has 2 aromatic rings. The molecule has 1 saturated carbocycles. The van der Waals surface area contributed by atoms with E-state index < -0.39 is 11.7 Å². The third-order valence-electron chi connectivity index (χ3n) is 7.42. The molecule has 0 radical (unpaired) electrons. The highest BCUT2D eigenvalue weighted by Crippen LogP contribution is 2.49. The van der Waals surface area contributed by atoms with Crippen LogP contribution >= 0.6 is 0 Å². The fraction of sp³-hybridized carbons (Fsp3) is 0.500. The Bertz CT molecular complexity index is 1050. The van der Waals surface area contributed by atoms with Crippen molar-refractivity contribution < 1.29 is 18.0 Å². The minimum Gasteiger partial charge on any atom is -0.369 e. The first-order valence-electron chi connectivity index (χ1n) is 11.1. The van der Waals surface area contributed by atoms with Gasteiger partial charge in [-0.2, -0.15) is 18.3 Å². The van der Waals surface area contributed by atoms with Gasteiger partial charge in [-0.3, -0.25) is 9.89 Å². The van der Waals surface area contributed by atoms with Crippen LogP contribution in [-0.4, -0.2) is 45.5 Å². The number of alkyl halides is 3. The smallest absolute Gasteiger partial charge is 0.369 e. The maximum atomic E-state index is 13.5. The van der Waals surface area contributed by atoms with Gasteiger partial charge in [0.15, 0.2) is 5.69 Å². The van der Waals surface area contributed by atoms with E-state index in [-0.39, 0.29) is 23.7 Å². The van der Waals surface area contributed by atoms with Crippen LogP contribution in [0.15, 0.2) is 36.5 Å². The number of carbonyl (C=O) groups excluding carboxylic acids is 1. The number of hydrogen-bond donors (Lipinski definition) is 1. The molecule has 0 spiro atoms. The third-order valence-corrected chi connectivity index (χ3v) is 7.42. The number of nitrogens with one attached hydrogen (secondary N) is 1. The number of halogens is 3. The summed E-state index contributed by atoms with van der Waals surface area (Å²) in [5, 5.41) is 7.36. The van der Waals surface area contributed by atoms with Gasteiger partial charge in [0.25, 0.3) is 5.91 Å². The van der Waals surface area contributed by atoms with Gasteiger partial charge in [0.05, 0.1) is 17.8 Å². The molecule has 5 nitrogen and oxygen atoms in total. The van der Waals surface area contributed by atoms with Crippen molar-refractivity contribution in [2.75, 3.05) is 19.6 Å². The van der Waals surface area contributed by atoms with Crippen molar-refractivity contribution in [2.24, 2.45) is 11.8 Å². The number of rotatable bonds is 3. The van der Waals surface area contributed by atoms with Gasteiger partial charge < -0.3 is 9.80 Å². The topological polar surface area (TPSA) is 52.2 Å². The molecule has 170 valence electrons. The van der Waals surface area contributed by atoms with Crippen molar-refractivity contribution in [3.05, 3.63) is 64.6 Å². The predicted molar refractivity (Wildman–Crippen MR) is 114 cm³/mol. The maximum Gasteiger partial charge on any atom is 0.416 e. The van der Waals surface area contributed by atoms with Gasteiger partial charge in [0.1, 0.15) is 0 Å². The van der Waals surface area contributed by atoms with Crippen LogP contribution in [0.4, 0.5) is 13.2 Å². The van der Waals surface area contributed by atoms with Crippen LogP contribution in [0.1, 0.15) is 58.6 Å². The summed E-state index contributed by atoms with van der Waals surface area (Å²) in [6.45, 7) is 8.63. The van der Waals surface area contributed by atoms with Gasteiger partial charge in [0.2, 0.25) is 0 Å². The first kappa shape index (κ1) is 21.1. The molecule has 5 rings (SSSR count). The summed E-state index contributed by atoms with van der Waals surface area (Å²) in [6, 6.07) is 5.92. The van der Waals surface area contributed by atoms with Crippen LogP contribution in [0.25, 0.3) is 0 Å². The summed E-state index contributed by atoms with van der Waals surface area (Å²) in [7, 11) is 0. The number of aromatic nitrogens is 2. The van der Waals surface area contributed by atoms with Crippen LogP contribution in [0.3, 0.4) is 0 Å². The molecule has 2 aliphatic heterocycles. The molecule has 1 aromatic carbocycles. The second-order valence-electron chi connectivity index (χ2n) is 9.42. The molecule has 1 unspecified atom stereocenters. The molecule has 3 aliphatic rings. The number of H-pyrrole nitrogens is 1. The van der Waals surface area contributed by atoms with E-state index in [1.807, 2.05) is 11.8 Å². The maximum absolute atomic E-state index is 13.5. The number of amides is 1. The Morgan fingerprint density at radius 1 is 1.16 bits per heavy atom. The van der Waals surface area contributed by atoms with Crippen molar-refractivity contribution in [2.45, 2.75) is 44.8 Å². The van der Waals surface area contributed by atoms with E-state index in [0.717, 1.165) is 29.9 Å². The quantitative estimate of drug-likeness (QED) is 0.754. The van der Waals surface area contributed by atoms with Crippen LogP contribution in [0.2, 0.25) is 0 Å². The summed E-state index contributed by atoms with van der Waals surface area (Å²) < 4.78 is 40.4. The zero-order valence-electron chi connectivity index (χ0n) is 18.1. The molecular weight excluding hydrogens is 417 g/mol. The highest BCUT2D eigenvalue weighted by atomic mass is 19.4. The molecular formula is C24H27F3N4O. The predicted octanol–water partition coefficient (Wildman–Crippen LogP) is 4.59. The Balaban J connectivity index is 1.27. The van der Waals surface area contributed by atoms with E-state index in [1.54, 1.807) is 12.1 Å². The van der Waals surface area contributed by atoms with Crippen molar-refractivity contribution >= 4 is 5.91 Å². The number of nitrogens with zero attached hydrogens (tertiary/aromatic N) is 3. The van der Waals surface area contributed by atoms with Crippen molar-refractivity contribution in [1.29, 1.82) is 0 Å². The molecule has 3 heterocycles. The summed E-state index contributed by atoms with van der Waals surface area (Å²) >= 11 is 0.